The van der Waals surface area contributed by atoms with Crippen LogP contribution in [0.3, 0.4) is 0 Å². The molecule has 1 aliphatic carbocycles. The number of amides is 1. The number of nitrogens with one attached hydrogen (secondary N) is 1. The molecule has 4 heteroatoms. The van der Waals surface area contributed by atoms with E-state index in [0.717, 1.165) is 12.8 Å². The van der Waals surface area contributed by atoms with E-state index in [1.54, 1.807) is 11.8 Å². The normalized spacial score (nSPS) is 26.3. The van der Waals surface area contributed by atoms with Gasteiger partial charge in [0.2, 0.25) is 5.91 Å². The Morgan fingerprint density at radius 3 is 2.47 bits per heavy atom. The molecule has 0 saturated heterocycles. The van der Waals surface area contributed by atoms with Crippen LogP contribution in [0, 0.1) is 0 Å². The lowest BCUT2D eigenvalue weighted by molar-refractivity contribution is -0.129. The number of thioether (sulfide) groups is 1. The largest absolute Gasteiger partial charge is 0.342 e. The topological polar surface area (TPSA) is 32.3 Å². The average Bonchev–Trinajstić information content (AvgIpc) is 2.28. The Balaban J connectivity index is 2.35. The van der Waals surface area contributed by atoms with Crippen molar-refractivity contribution in [3.05, 3.63) is 0 Å². The summed E-state index contributed by atoms with van der Waals surface area (Å²) in [5, 5.41) is 3.31. The maximum atomic E-state index is 11.7. The summed E-state index contributed by atoms with van der Waals surface area (Å²) in [6, 6.07) is 1.12. The number of nitrogens with zero attached hydrogens (tertiary/aromatic N) is 1. The van der Waals surface area contributed by atoms with Gasteiger partial charge in [0.25, 0.3) is 0 Å². The van der Waals surface area contributed by atoms with Crippen molar-refractivity contribution in [2.45, 2.75) is 37.8 Å². The number of rotatable bonds is 4. The first kappa shape index (κ1) is 12.8. The van der Waals surface area contributed by atoms with Crippen LogP contribution in [0.2, 0.25) is 0 Å². The Bertz CT molecular complexity index is 203. The van der Waals surface area contributed by atoms with Gasteiger partial charge in [-0.3, -0.25) is 4.79 Å². The lowest BCUT2D eigenvalue weighted by atomic mass is 9.90. The molecule has 1 N–H and O–H groups in total. The standard InChI is InChI=1S/C11H22N2OS/c1-12-9-4-6-10(7-5-9)13(2)11(14)8-15-3/h9-10,12H,4-8H2,1-3H3. The molecular weight excluding hydrogens is 208 g/mol. The fraction of sp³-hybridized carbons (Fsp3) is 0.909. The maximum Gasteiger partial charge on any atom is 0.232 e. The van der Waals surface area contributed by atoms with E-state index in [1.165, 1.54) is 12.8 Å². The molecule has 3 nitrogen and oxygen atoms in total. The molecule has 1 rings (SSSR count). The highest BCUT2D eigenvalue weighted by atomic mass is 32.2. The van der Waals surface area contributed by atoms with E-state index in [2.05, 4.69) is 5.32 Å². The van der Waals surface area contributed by atoms with Crippen LogP contribution in [0.15, 0.2) is 0 Å². The van der Waals surface area contributed by atoms with E-state index in [9.17, 15) is 4.79 Å². The van der Waals surface area contributed by atoms with Crippen LogP contribution in [-0.4, -0.2) is 49.0 Å². The molecule has 0 aromatic heterocycles. The zero-order valence-corrected chi connectivity index (χ0v) is 10.8. The van der Waals surface area contributed by atoms with E-state index in [4.69, 9.17) is 0 Å². The van der Waals surface area contributed by atoms with Crippen molar-refractivity contribution in [3.8, 4) is 0 Å². The Hall–Kier alpha value is -0.220. The number of hydrogen-bond donors (Lipinski definition) is 1. The van der Waals surface area contributed by atoms with Crippen LogP contribution in [0.1, 0.15) is 25.7 Å². The van der Waals surface area contributed by atoms with E-state index >= 15 is 0 Å². The number of hydrogen-bond acceptors (Lipinski definition) is 3. The molecule has 1 amide bonds. The molecule has 0 spiro atoms. The van der Waals surface area contributed by atoms with Crippen molar-refractivity contribution in [3.63, 3.8) is 0 Å². The first-order valence-electron chi connectivity index (χ1n) is 5.61. The van der Waals surface area contributed by atoms with Gasteiger partial charge in [0, 0.05) is 19.1 Å². The fourth-order valence-electron chi connectivity index (χ4n) is 2.18. The third-order valence-corrected chi connectivity index (χ3v) is 3.85. The second kappa shape index (κ2) is 6.38. The Kier molecular flexibility index (Phi) is 5.47. The van der Waals surface area contributed by atoms with Crippen molar-refractivity contribution >= 4 is 17.7 Å². The van der Waals surface area contributed by atoms with Crippen LogP contribution < -0.4 is 5.32 Å². The maximum absolute atomic E-state index is 11.7. The summed E-state index contributed by atoms with van der Waals surface area (Å²) in [6.45, 7) is 0. The summed E-state index contributed by atoms with van der Waals surface area (Å²) in [6.07, 6.45) is 6.64. The SMILES string of the molecule is CNC1CCC(N(C)C(=O)CSC)CC1. The highest BCUT2D eigenvalue weighted by Crippen LogP contribution is 2.22. The summed E-state index contributed by atoms with van der Waals surface area (Å²) in [5.74, 6) is 0.887. The summed E-state index contributed by atoms with van der Waals surface area (Å²) in [7, 11) is 3.97. The molecule has 88 valence electrons. The molecule has 1 saturated carbocycles. The van der Waals surface area contributed by atoms with Gasteiger partial charge in [-0.25, -0.2) is 0 Å². The third kappa shape index (κ3) is 3.68. The van der Waals surface area contributed by atoms with Crippen LogP contribution in [0.25, 0.3) is 0 Å². The van der Waals surface area contributed by atoms with Crippen LogP contribution >= 0.6 is 11.8 Å². The number of carbonyl (C=O) groups is 1. The Morgan fingerprint density at radius 2 is 2.00 bits per heavy atom. The molecule has 0 atom stereocenters. The molecule has 0 aromatic carbocycles. The number of carbonyl (C=O) groups excluding carboxylic acids is 1. The second-order valence-corrected chi connectivity index (χ2v) is 5.10. The van der Waals surface area contributed by atoms with Gasteiger partial charge in [-0.2, -0.15) is 11.8 Å². The van der Waals surface area contributed by atoms with Crippen molar-refractivity contribution < 1.29 is 4.79 Å². The molecule has 0 bridgehead atoms. The first-order chi connectivity index (χ1) is 7.19. The predicted octanol–water partition coefficient (Wildman–Crippen LogP) is 1.34. The molecule has 15 heavy (non-hydrogen) atoms. The minimum Gasteiger partial charge on any atom is -0.342 e. The molecule has 0 heterocycles. The third-order valence-electron chi connectivity index (χ3n) is 3.31. The van der Waals surface area contributed by atoms with Crippen molar-refractivity contribution in [2.24, 2.45) is 0 Å². The molecule has 0 aromatic rings. The highest BCUT2D eigenvalue weighted by Gasteiger charge is 2.25. The summed E-state index contributed by atoms with van der Waals surface area (Å²) < 4.78 is 0. The molecule has 1 aliphatic rings. The van der Waals surface area contributed by atoms with Crippen molar-refractivity contribution in [2.75, 3.05) is 26.1 Å². The van der Waals surface area contributed by atoms with Gasteiger partial charge in [-0.15, -0.1) is 0 Å². The van der Waals surface area contributed by atoms with Gasteiger partial charge in [-0.05, 0) is 39.0 Å². The molecular formula is C11H22N2OS. The molecule has 0 radical (unpaired) electrons. The van der Waals surface area contributed by atoms with Gasteiger partial charge in [0.05, 0.1) is 5.75 Å². The van der Waals surface area contributed by atoms with Gasteiger partial charge >= 0.3 is 0 Å². The van der Waals surface area contributed by atoms with Crippen LogP contribution in [0.4, 0.5) is 0 Å². The lowest BCUT2D eigenvalue weighted by Gasteiger charge is -2.34. The Morgan fingerprint density at radius 1 is 1.40 bits per heavy atom. The lowest BCUT2D eigenvalue weighted by Crippen LogP contribution is -2.43. The zero-order valence-electron chi connectivity index (χ0n) is 9.95. The fourth-order valence-corrected chi connectivity index (χ4v) is 2.63. The zero-order chi connectivity index (χ0) is 11.3. The predicted molar refractivity (Wildman–Crippen MR) is 66.3 cm³/mol. The first-order valence-corrected chi connectivity index (χ1v) is 7.00. The van der Waals surface area contributed by atoms with E-state index < -0.39 is 0 Å². The van der Waals surface area contributed by atoms with Crippen LogP contribution in [0.5, 0.6) is 0 Å². The minimum absolute atomic E-state index is 0.274. The average molecular weight is 230 g/mol. The second-order valence-electron chi connectivity index (χ2n) is 4.23. The molecule has 0 aliphatic heterocycles. The summed E-state index contributed by atoms with van der Waals surface area (Å²) in [4.78, 5) is 13.6. The van der Waals surface area contributed by atoms with E-state index in [-0.39, 0.29) is 5.91 Å². The van der Waals surface area contributed by atoms with Crippen molar-refractivity contribution in [1.29, 1.82) is 0 Å². The quantitative estimate of drug-likeness (QED) is 0.791. The van der Waals surface area contributed by atoms with E-state index in [1.807, 2.05) is 25.3 Å². The van der Waals surface area contributed by atoms with Gasteiger partial charge in [0.15, 0.2) is 0 Å². The monoisotopic (exact) mass is 230 g/mol. The highest BCUT2D eigenvalue weighted by molar-refractivity contribution is 7.99. The minimum atomic E-state index is 0.274. The summed E-state index contributed by atoms with van der Waals surface area (Å²) in [5.41, 5.74) is 0. The van der Waals surface area contributed by atoms with E-state index in [0.29, 0.717) is 17.8 Å². The van der Waals surface area contributed by atoms with Gasteiger partial charge in [-0.1, -0.05) is 0 Å². The molecule has 0 unspecified atom stereocenters. The van der Waals surface area contributed by atoms with Crippen LogP contribution in [-0.2, 0) is 4.79 Å². The smallest absolute Gasteiger partial charge is 0.232 e. The molecule has 1 fully saturated rings. The van der Waals surface area contributed by atoms with Gasteiger partial charge < -0.3 is 10.2 Å². The van der Waals surface area contributed by atoms with Crippen molar-refractivity contribution in [1.82, 2.24) is 10.2 Å². The van der Waals surface area contributed by atoms with Gasteiger partial charge in [0.1, 0.15) is 0 Å². The Labute approximate surface area is 97.0 Å². The summed E-state index contributed by atoms with van der Waals surface area (Å²) >= 11 is 1.60.